The Balaban J connectivity index is 1.92. The Bertz CT molecular complexity index is 431. The fourth-order valence-corrected chi connectivity index (χ4v) is 2.38. The fraction of sp³-hybridized carbons (Fsp3) is 0.667. The number of carbonyl (C=O) groups excluding carboxylic acids is 1. The number of hydrogen-bond donors (Lipinski definition) is 1. The van der Waals surface area contributed by atoms with Crippen LogP contribution in [0.25, 0.3) is 0 Å². The number of rotatable bonds is 7. The van der Waals surface area contributed by atoms with E-state index in [0.717, 1.165) is 5.95 Å². The molecule has 1 N–H and O–H groups in total. The van der Waals surface area contributed by atoms with Crippen LogP contribution in [0.5, 0.6) is 0 Å². The molecule has 0 bridgehead atoms. The van der Waals surface area contributed by atoms with E-state index < -0.39 is 0 Å². The van der Waals surface area contributed by atoms with Gasteiger partial charge in [-0.05, 0) is 30.7 Å². The van der Waals surface area contributed by atoms with Crippen LogP contribution in [0.3, 0.4) is 0 Å². The molecule has 1 unspecified atom stereocenters. The number of nitrogens with zero attached hydrogens (tertiary/aromatic N) is 3. The van der Waals surface area contributed by atoms with Crippen molar-refractivity contribution in [3.63, 3.8) is 0 Å². The van der Waals surface area contributed by atoms with E-state index in [4.69, 9.17) is 0 Å². The minimum atomic E-state index is 0.132. The molecule has 1 amide bonds. The lowest BCUT2D eigenvalue weighted by Gasteiger charge is -2.28. The zero-order chi connectivity index (χ0) is 14.5. The number of anilines is 1. The van der Waals surface area contributed by atoms with Crippen LogP contribution in [0.4, 0.5) is 5.95 Å². The fourth-order valence-electron chi connectivity index (χ4n) is 2.38. The van der Waals surface area contributed by atoms with E-state index >= 15 is 0 Å². The lowest BCUT2D eigenvalue weighted by atomic mass is 10.1. The smallest absolute Gasteiger partial charge is 0.225 e. The molecule has 1 heterocycles. The molecule has 1 atom stereocenters. The molecule has 5 nitrogen and oxygen atoms in total. The van der Waals surface area contributed by atoms with Crippen molar-refractivity contribution in [1.82, 2.24) is 15.3 Å². The second-order valence-electron chi connectivity index (χ2n) is 5.97. The Labute approximate surface area is 120 Å². The Hall–Kier alpha value is -1.65. The molecule has 5 heteroatoms. The van der Waals surface area contributed by atoms with E-state index in [1.165, 1.54) is 12.8 Å². The van der Waals surface area contributed by atoms with Crippen molar-refractivity contribution >= 4 is 11.9 Å². The summed E-state index contributed by atoms with van der Waals surface area (Å²) < 4.78 is 0. The van der Waals surface area contributed by atoms with Gasteiger partial charge in [0.25, 0.3) is 0 Å². The van der Waals surface area contributed by atoms with Gasteiger partial charge in [0.05, 0.1) is 6.04 Å². The van der Waals surface area contributed by atoms with E-state index in [0.29, 0.717) is 24.8 Å². The highest BCUT2D eigenvalue weighted by Gasteiger charge is 2.35. The van der Waals surface area contributed by atoms with Crippen molar-refractivity contribution in [2.45, 2.75) is 39.2 Å². The van der Waals surface area contributed by atoms with E-state index in [1.54, 1.807) is 12.4 Å². The van der Waals surface area contributed by atoms with Gasteiger partial charge in [-0.1, -0.05) is 13.8 Å². The van der Waals surface area contributed by atoms with Crippen LogP contribution < -0.4 is 10.2 Å². The minimum absolute atomic E-state index is 0.132. The van der Waals surface area contributed by atoms with Crippen molar-refractivity contribution in [1.29, 1.82) is 0 Å². The standard InChI is InChI=1S/C15H24N4O/c1-11(2)9-14(20)18-10-13(12-5-6-12)19(3)15-16-7-4-8-17-15/h4,7-8,11-13H,5-6,9-10H2,1-3H3,(H,18,20). The van der Waals surface area contributed by atoms with Crippen molar-refractivity contribution in [3.8, 4) is 0 Å². The van der Waals surface area contributed by atoms with Crippen LogP contribution in [-0.4, -0.2) is 35.5 Å². The molecule has 1 aliphatic rings. The molecule has 1 saturated carbocycles. The third-order valence-corrected chi connectivity index (χ3v) is 3.63. The summed E-state index contributed by atoms with van der Waals surface area (Å²) in [5.41, 5.74) is 0. The van der Waals surface area contributed by atoms with Gasteiger partial charge in [0, 0.05) is 32.4 Å². The van der Waals surface area contributed by atoms with Gasteiger partial charge in [0.2, 0.25) is 11.9 Å². The Kier molecular flexibility index (Phi) is 4.93. The third-order valence-electron chi connectivity index (χ3n) is 3.63. The molecule has 2 rings (SSSR count). The number of amides is 1. The quantitative estimate of drug-likeness (QED) is 0.826. The largest absolute Gasteiger partial charge is 0.354 e. The summed E-state index contributed by atoms with van der Waals surface area (Å²) in [4.78, 5) is 22.5. The van der Waals surface area contributed by atoms with Crippen LogP contribution >= 0.6 is 0 Å². The molecule has 0 aliphatic heterocycles. The first-order valence-electron chi connectivity index (χ1n) is 7.34. The van der Waals surface area contributed by atoms with Crippen LogP contribution in [0.1, 0.15) is 33.1 Å². The van der Waals surface area contributed by atoms with E-state index in [2.05, 4.69) is 34.0 Å². The normalized spacial score (nSPS) is 16.0. The Morgan fingerprint density at radius 1 is 1.40 bits per heavy atom. The average Bonchev–Trinajstić information content (AvgIpc) is 3.23. The summed E-state index contributed by atoms with van der Waals surface area (Å²) in [6.07, 6.45) is 6.53. The van der Waals surface area contributed by atoms with E-state index in [-0.39, 0.29) is 11.9 Å². The predicted octanol–water partition coefficient (Wildman–Crippen LogP) is 1.85. The van der Waals surface area contributed by atoms with Crippen LogP contribution in [0, 0.1) is 11.8 Å². The van der Waals surface area contributed by atoms with Gasteiger partial charge in [-0.3, -0.25) is 4.79 Å². The number of aromatic nitrogens is 2. The summed E-state index contributed by atoms with van der Waals surface area (Å²) >= 11 is 0. The van der Waals surface area contributed by atoms with Crippen molar-refractivity contribution in [2.75, 3.05) is 18.5 Å². The van der Waals surface area contributed by atoms with Gasteiger partial charge in [0.1, 0.15) is 0 Å². The molecule has 0 radical (unpaired) electrons. The molecule has 0 aromatic carbocycles. The van der Waals surface area contributed by atoms with E-state index in [1.807, 2.05) is 13.1 Å². The molecule has 1 aromatic heterocycles. The minimum Gasteiger partial charge on any atom is -0.354 e. The van der Waals surface area contributed by atoms with Crippen LogP contribution in [0.15, 0.2) is 18.5 Å². The molecular weight excluding hydrogens is 252 g/mol. The van der Waals surface area contributed by atoms with Gasteiger partial charge in [-0.2, -0.15) is 0 Å². The number of carbonyl (C=O) groups is 1. The summed E-state index contributed by atoms with van der Waals surface area (Å²) in [5.74, 6) is 1.89. The maximum atomic E-state index is 11.8. The first-order chi connectivity index (χ1) is 9.58. The van der Waals surface area contributed by atoms with Crippen molar-refractivity contribution in [3.05, 3.63) is 18.5 Å². The molecule has 20 heavy (non-hydrogen) atoms. The lowest BCUT2D eigenvalue weighted by molar-refractivity contribution is -0.121. The highest BCUT2D eigenvalue weighted by Crippen LogP contribution is 2.35. The van der Waals surface area contributed by atoms with E-state index in [9.17, 15) is 4.79 Å². The third kappa shape index (κ3) is 4.18. The average molecular weight is 276 g/mol. The summed E-state index contributed by atoms with van der Waals surface area (Å²) in [6, 6.07) is 2.10. The van der Waals surface area contributed by atoms with Gasteiger partial charge in [0.15, 0.2) is 0 Å². The van der Waals surface area contributed by atoms with Gasteiger partial charge >= 0.3 is 0 Å². The highest BCUT2D eigenvalue weighted by atomic mass is 16.1. The second kappa shape index (κ2) is 6.68. The highest BCUT2D eigenvalue weighted by molar-refractivity contribution is 5.76. The zero-order valence-electron chi connectivity index (χ0n) is 12.5. The first-order valence-corrected chi connectivity index (χ1v) is 7.34. The molecule has 1 aliphatic carbocycles. The SMILES string of the molecule is CC(C)CC(=O)NCC(C1CC1)N(C)c1ncccn1. The van der Waals surface area contributed by atoms with Gasteiger partial charge in [-0.15, -0.1) is 0 Å². The van der Waals surface area contributed by atoms with Crippen molar-refractivity contribution in [2.24, 2.45) is 11.8 Å². The molecule has 1 fully saturated rings. The Morgan fingerprint density at radius 3 is 2.60 bits per heavy atom. The number of nitrogens with one attached hydrogen (secondary N) is 1. The van der Waals surface area contributed by atoms with Crippen LogP contribution in [0.2, 0.25) is 0 Å². The summed E-state index contributed by atoms with van der Waals surface area (Å²) in [7, 11) is 2.01. The summed E-state index contributed by atoms with van der Waals surface area (Å²) in [5, 5.41) is 3.05. The molecule has 0 saturated heterocycles. The second-order valence-corrected chi connectivity index (χ2v) is 5.97. The van der Waals surface area contributed by atoms with Gasteiger partial charge < -0.3 is 10.2 Å². The van der Waals surface area contributed by atoms with Crippen LogP contribution in [-0.2, 0) is 4.79 Å². The zero-order valence-corrected chi connectivity index (χ0v) is 12.5. The topological polar surface area (TPSA) is 58.1 Å². The Morgan fingerprint density at radius 2 is 2.05 bits per heavy atom. The first kappa shape index (κ1) is 14.8. The lowest BCUT2D eigenvalue weighted by Crippen LogP contribution is -2.44. The molecule has 0 spiro atoms. The predicted molar refractivity (Wildman–Crippen MR) is 79.4 cm³/mol. The molecular formula is C15H24N4O. The molecule has 110 valence electrons. The monoisotopic (exact) mass is 276 g/mol. The van der Waals surface area contributed by atoms with Crippen molar-refractivity contribution < 1.29 is 4.79 Å². The number of hydrogen-bond acceptors (Lipinski definition) is 4. The number of likely N-dealkylation sites (N-methyl/N-ethyl adjacent to an activating group) is 1. The maximum Gasteiger partial charge on any atom is 0.225 e. The molecule has 1 aromatic rings. The maximum absolute atomic E-state index is 11.8. The van der Waals surface area contributed by atoms with Gasteiger partial charge in [-0.25, -0.2) is 9.97 Å². The summed E-state index contributed by atoms with van der Waals surface area (Å²) in [6.45, 7) is 4.79.